The van der Waals surface area contributed by atoms with Crippen LogP contribution in [0, 0.1) is 12.3 Å². The number of nitrogens with zero attached hydrogens (tertiary/aromatic N) is 6. The van der Waals surface area contributed by atoms with Crippen LogP contribution < -0.4 is 40.5 Å². The van der Waals surface area contributed by atoms with E-state index in [-0.39, 0.29) is 56.1 Å². The number of β-amino-alcohol motifs (C(OH)–C–C–N with tert-alkyl or cyclic N) is 1. The van der Waals surface area contributed by atoms with Gasteiger partial charge in [-0.25, -0.2) is 10.4 Å². The largest absolute Gasteiger partial charge is 0.497 e. The Morgan fingerprint density at radius 2 is 1.53 bits per heavy atom. The highest BCUT2D eigenvalue weighted by atomic mass is 32.1. The van der Waals surface area contributed by atoms with Crippen LogP contribution in [0.4, 0.5) is 11.5 Å². The lowest BCUT2D eigenvalue weighted by Crippen LogP contribution is -2.58. The van der Waals surface area contributed by atoms with Gasteiger partial charge >= 0.3 is 0 Å². The number of H-pyrrole nitrogens is 1. The van der Waals surface area contributed by atoms with E-state index in [2.05, 4.69) is 65.3 Å². The number of aromatic nitrogens is 3. The van der Waals surface area contributed by atoms with Gasteiger partial charge in [-0.05, 0) is 129 Å². The molecular formula is C60H73N11O9S. The molecule has 20 nitrogen and oxygen atoms in total. The van der Waals surface area contributed by atoms with E-state index in [1.165, 1.54) is 11.1 Å². The van der Waals surface area contributed by atoms with Gasteiger partial charge in [0.1, 0.15) is 29.3 Å². The number of carbonyl (C=O) groups excluding carboxylic acids is 5. The minimum Gasteiger partial charge on any atom is -0.497 e. The summed E-state index contributed by atoms with van der Waals surface area (Å²) in [4.78, 5) is 78.7. The topological polar surface area (TPSA) is 245 Å². The highest BCUT2D eigenvalue weighted by molar-refractivity contribution is 7.13. The first-order valence-electron chi connectivity index (χ1n) is 27.1. The summed E-state index contributed by atoms with van der Waals surface area (Å²) in [7, 11) is 3.24. The second-order valence-electron chi connectivity index (χ2n) is 21.8. The molecule has 2 saturated heterocycles. The van der Waals surface area contributed by atoms with Crippen LogP contribution in [0.1, 0.15) is 92.4 Å². The van der Waals surface area contributed by atoms with E-state index in [0.29, 0.717) is 42.2 Å². The zero-order valence-corrected chi connectivity index (χ0v) is 48.1. The highest BCUT2D eigenvalue weighted by Gasteiger charge is 2.45. The summed E-state index contributed by atoms with van der Waals surface area (Å²) in [6.45, 7) is 14.5. The van der Waals surface area contributed by atoms with Crippen molar-refractivity contribution in [3.63, 3.8) is 0 Å². The first kappa shape index (κ1) is 59.0. The molecule has 4 aromatic carbocycles. The summed E-state index contributed by atoms with van der Waals surface area (Å²) in [5.74, 6) is 0.348. The van der Waals surface area contributed by atoms with Crippen LogP contribution in [-0.4, -0.2) is 143 Å². The Kier molecular flexibility index (Phi) is 19.2. The van der Waals surface area contributed by atoms with Crippen molar-refractivity contribution in [2.75, 3.05) is 57.2 Å². The Morgan fingerprint density at radius 3 is 2.16 bits per heavy atom. The molecule has 2 aromatic heterocycles. The van der Waals surface area contributed by atoms with Gasteiger partial charge in [0.25, 0.3) is 17.7 Å². The average molecular weight is 1120 g/mol. The van der Waals surface area contributed by atoms with Crippen LogP contribution in [-0.2, 0) is 32.0 Å². The molecule has 0 spiro atoms. The van der Waals surface area contributed by atoms with Crippen molar-refractivity contribution in [2.45, 2.75) is 104 Å². The summed E-state index contributed by atoms with van der Waals surface area (Å²) in [6.07, 6.45) is 2.08. The minimum absolute atomic E-state index is 0.0369. The molecule has 6 aromatic rings. The third kappa shape index (κ3) is 15.4. The summed E-state index contributed by atoms with van der Waals surface area (Å²) in [6, 6.07) is 27.5. The number of hydrogen-bond donors (Lipinski definition) is 6. The maximum absolute atomic E-state index is 14.2. The lowest BCUT2D eigenvalue weighted by molar-refractivity contribution is -0.144. The van der Waals surface area contributed by atoms with Gasteiger partial charge in [-0.15, -0.1) is 11.3 Å². The fourth-order valence-corrected chi connectivity index (χ4v) is 10.9. The second kappa shape index (κ2) is 26.4. The van der Waals surface area contributed by atoms with Crippen LogP contribution in [0.3, 0.4) is 0 Å². The minimum atomic E-state index is -1.02. The van der Waals surface area contributed by atoms with Crippen LogP contribution >= 0.6 is 11.3 Å². The Labute approximate surface area is 476 Å². The molecule has 6 N–H and O–H groups in total. The van der Waals surface area contributed by atoms with E-state index in [9.17, 15) is 29.1 Å². The summed E-state index contributed by atoms with van der Waals surface area (Å²) in [5, 5.41) is 30.9. The number of nitrogens with one attached hydrogen (secondary N) is 5. The molecule has 5 amide bonds. The Morgan fingerprint density at radius 1 is 0.852 bits per heavy atom. The Bertz CT molecular complexity index is 3140. The molecule has 21 heteroatoms. The average Bonchev–Trinajstić information content (AvgIpc) is 4.22. The predicted molar refractivity (Wildman–Crippen MR) is 312 cm³/mol. The van der Waals surface area contributed by atoms with E-state index in [0.717, 1.165) is 56.6 Å². The fraction of sp³-hybridized carbons (Fsp3) is 0.400. The molecule has 2 aliphatic heterocycles. The lowest BCUT2D eigenvalue weighted by atomic mass is 9.85. The van der Waals surface area contributed by atoms with Gasteiger partial charge in [0, 0.05) is 67.2 Å². The number of ether oxygens (including phenoxy) is 3. The maximum Gasteiger partial charge on any atom is 0.258 e. The van der Waals surface area contributed by atoms with Gasteiger partial charge in [-0.2, -0.15) is 10.2 Å². The molecule has 8 rings (SSSR count). The standard InChI is InChI=1S/C60H73N11O9S/c1-36-30-69(46-20-17-44(18-21-46)57(75)64-52-26-45(66-67-52)19-10-41-24-49(78-8)28-50(25-41)79-9)31-37(2)70(36)33-53(73)68-62-29-40-11-22-48(23-12-40)80-34-54(74)65-56(60(5,6)7)59(77)71-32-47(72)27-51(71)58(76)63-38(3)42-13-15-43(16-14-42)55-39(4)61-35-81-55/h11-18,20-26,28-29,35-38,47,51,56,72H,10,19,27,30-34H2,1-9H3,(H,63,76)(H,65,74)(H,68,73)(H2,64,66,67,75)/b62-29-/t36-,37+,38-,47+,51-,56+/m0/s1. The predicted octanol–water partition coefficient (Wildman–Crippen LogP) is 6.69. The van der Waals surface area contributed by atoms with Crippen molar-refractivity contribution in [3.05, 3.63) is 136 Å². The van der Waals surface area contributed by atoms with Crippen LogP contribution in [0.5, 0.6) is 17.2 Å². The number of thiazole rings is 1. The summed E-state index contributed by atoms with van der Waals surface area (Å²) < 4.78 is 16.6. The van der Waals surface area contributed by atoms with E-state index in [4.69, 9.17) is 14.2 Å². The molecule has 0 saturated carbocycles. The molecule has 0 bridgehead atoms. The van der Waals surface area contributed by atoms with Gasteiger partial charge < -0.3 is 45.1 Å². The van der Waals surface area contributed by atoms with E-state index in [1.54, 1.807) is 62.0 Å². The summed E-state index contributed by atoms with van der Waals surface area (Å²) in [5.41, 5.74) is 10.7. The quantitative estimate of drug-likeness (QED) is 0.0325. The van der Waals surface area contributed by atoms with E-state index in [1.807, 2.05) is 101 Å². The van der Waals surface area contributed by atoms with Crippen molar-refractivity contribution >= 4 is 58.6 Å². The van der Waals surface area contributed by atoms with Crippen molar-refractivity contribution in [3.8, 4) is 27.7 Å². The number of methoxy groups -OCH3 is 2. The summed E-state index contributed by atoms with van der Waals surface area (Å²) >= 11 is 1.57. The highest BCUT2D eigenvalue weighted by Crippen LogP contribution is 2.31. The molecular weight excluding hydrogens is 1050 g/mol. The zero-order chi connectivity index (χ0) is 58.0. The molecule has 0 aliphatic carbocycles. The number of benzene rings is 4. The molecule has 0 unspecified atom stereocenters. The van der Waals surface area contributed by atoms with Crippen LogP contribution in [0.25, 0.3) is 10.4 Å². The van der Waals surface area contributed by atoms with Crippen molar-refractivity contribution in [1.82, 2.24) is 41.0 Å². The number of carbonyl (C=O) groups is 5. The van der Waals surface area contributed by atoms with Crippen LogP contribution in [0.2, 0.25) is 0 Å². The number of hydrogen-bond acceptors (Lipinski definition) is 15. The second-order valence-corrected chi connectivity index (χ2v) is 22.7. The zero-order valence-electron chi connectivity index (χ0n) is 47.3. The van der Waals surface area contributed by atoms with Crippen molar-refractivity contribution in [2.24, 2.45) is 10.5 Å². The first-order chi connectivity index (χ1) is 38.7. The number of rotatable bonds is 21. The number of aliphatic hydroxyl groups is 1. The number of likely N-dealkylation sites (tertiary alicyclic amines) is 1. The Hall–Kier alpha value is -8.14. The number of aryl methyl sites for hydroxylation is 3. The van der Waals surface area contributed by atoms with E-state index >= 15 is 0 Å². The number of anilines is 2. The SMILES string of the molecule is COc1cc(CCc2cc(NC(=O)c3ccc(N4C[C@@H](C)N(CC(=O)N/N=C\c5ccc(OCC(=O)N[C@H](C(=O)N6C[C@H](O)C[C@H]6C(=O)N[C@@H](C)c6ccc(-c7scnc7C)cc6)C(C)(C)C)cc5)[C@@H](C)C4)cc3)n[nH]2)cc(OC)c1. The molecule has 6 atom stereocenters. The van der Waals surface area contributed by atoms with Gasteiger partial charge in [0.05, 0.1) is 55.2 Å². The van der Waals surface area contributed by atoms with Gasteiger partial charge in [-0.1, -0.05) is 45.0 Å². The molecule has 4 heterocycles. The van der Waals surface area contributed by atoms with Crippen molar-refractivity contribution < 1.29 is 43.3 Å². The molecule has 428 valence electrons. The number of aromatic amines is 1. The fourth-order valence-electron chi connectivity index (χ4n) is 10.1. The molecule has 81 heavy (non-hydrogen) atoms. The third-order valence-electron chi connectivity index (χ3n) is 14.6. The molecule has 0 radical (unpaired) electrons. The van der Waals surface area contributed by atoms with E-state index < -0.39 is 41.3 Å². The first-order valence-corrected chi connectivity index (χ1v) is 27.9. The lowest BCUT2D eigenvalue weighted by Gasteiger charge is -2.45. The number of piperazine rings is 1. The number of hydrazone groups is 1. The monoisotopic (exact) mass is 1120 g/mol. The van der Waals surface area contributed by atoms with Crippen molar-refractivity contribution in [1.29, 1.82) is 0 Å². The normalized spacial score (nSPS) is 18.2. The molecule has 2 fully saturated rings. The number of amides is 5. The third-order valence-corrected chi connectivity index (χ3v) is 15.6. The molecule has 2 aliphatic rings. The number of aliphatic hydroxyl groups excluding tert-OH is 1. The van der Waals surface area contributed by atoms with Gasteiger partial charge in [0.2, 0.25) is 11.8 Å². The van der Waals surface area contributed by atoms with Gasteiger partial charge in [0.15, 0.2) is 12.4 Å². The maximum atomic E-state index is 14.2. The smallest absolute Gasteiger partial charge is 0.258 e. The van der Waals surface area contributed by atoms with Crippen LogP contribution in [0.15, 0.2) is 108 Å². The van der Waals surface area contributed by atoms with Gasteiger partial charge in [-0.3, -0.25) is 34.0 Å². The Balaban J connectivity index is 0.751.